The maximum atomic E-state index is 13.7. The van der Waals surface area contributed by atoms with Crippen LogP contribution in [0.15, 0.2) is 70.2 Å². The normalized spacial score (nSPS) is 17.1. The van der Waals surface area contributed by atoms with Gasteiger partial charge in [-0.25, -0.2) is 0 Å². The lowest BCUT2D eigenvalue weighted by atomic mass is 9.88. The van der Waals surface area contributed by atoms with Gasteiger partial charge in [0.15, 0.2) is 5.76 Å². The number of nitrogens with zero attached hydrogens (tertiary/aromatic N) is 2. The van der Waals surface area contributed by atoms with Gasteiger partial charge in [-0.15, -0.1) is 13.2 Å². The van der Waals surface area contributed by atoms with Gasteiger partial charge in [-0.2, -0.15) is 13.2 Å². The first-order chi connectivity index (χ1) is 16.0. The van der Waals surface area contributed by atoms with Gasteiger partial charge in [0.1, 0.15) is 11.4 Å². The molecule has 0 amide bonds. The minimum absolute atomic E-state index is 0.0130. The molecular weight excluding hydrogens is 466 g/mol. The molecule has 2 unspecified atom stereocenters. The van der Waals surface area contributed by atoms with Crippen molar-refractivity contribution in [2.45, 2.75) is 18.6 Å². The third-order valence-electron chi connectivity index (χ3n) is 5.13. The summed E-state index contributed by atoms with van der Waals surface area (Å²) in [6.45, 7) is 0.168. The Morgan fingerprint density at radius 2 is 1.71 bits per heavy atom. The van der Waals surface area contributed by atoms with E-state index in [1.165, 1.54) is 36.5 Å². The highest BCUT2D eigenvalue weighted by molar-refractivity contribution is 5.76. The smallest absolute Gasteiger partial charge is 0.406 e. The van der Waals surface area contributed by atoms with Crippen LogP contribution in [0.3, 0.4) is 0 Å². The molecule has 0 spiro atoms. The molecule has 0 saturated carbocycles. The zero-order valence-electron chi connectivity index (χ0n) is 17.1. The Morgan fingerprint density at radius 1 is 1.00 bits per heavy atom. The van der Waals surface area contributed by atoms with Crippen LogP contribution in [0, 0.1) is 5.92 Å². The van der Waals surface area contributed by atoms with Crippen LogP contribution >= 0.6 is 0 Å². The summed E-state index contributed by atoms with van der Waals surface area (Å²) in [5.74, 6) is -1.38. The van der Waals surface area contributed by atoms with Crippen LogP contribution in [0.5, 0.6) is 5.75 Å². The lowest BCUT2D eigenvalue weighted by Gasteiger charge is -2.21. The second-order valence-electron chi connectivity index (χ2n) is 7.40. The van der Waals surface area contributed by atoms with Crippen LogP contribution in [-0.2, 0) is 6.18 Å². The van der Waals surface area contributed by atoms with E-state index in [9.17, 15) is 31.4 Å². The molecule has 1 aliphatic rings. The first-order valence-corrected chi connectivity index (χ1v) is 9.91. The van der Waals surface area contributed by atoms with Crippen LogP contribution in [0.4, 0.5) is 26.3 Å². The first-order valence-electron chi connectivity index (χ1n) is 9.91. The fourth-order valence-electron chi connectivity index (χ4n) is 3.63. The number of alkyl halides is 6. The van der Waals surface area contributed by atoms with Gasteiger partial charge in [0.05, 0.1) is 17.2 Å². The summed E-state index contributed by atoms with van der Waals surface area (Å²) < 4.78 is 87.6. The molecular formula is C23H16F6N2O3. The zero-order chi connectivity index (χ0) is 24.5. The van der Waals surface area contributed by atoms with E-state index in [2.05, 4.69) is 14.9 Å². The van der Waals surface area contributed by atoms with E-state index in [0.29, 0.717) is 0 Å². The Morgan fingerprint density at radius 3 is 2.32 bits per heavy atom. The van der Waals surface area contributed by atoms with Gasteiger partial charge in [-0.1, -0.05) is 29.4 Å². The van der Waals surface area contributed by atoms with Gasteiger partial charge in [0, 0.05) is 29.8 Å². The molecule has 178 valence electrons. The number of aliphatic imine (C=N–C) groups is 1. The number of hydrogen-bond donors (Lipinski definition) is 1. The fraction of sp³-hybridized carbons (Fsp3) is 0.217. The van der Waals surface area contributed by atoms with E-state index in [0.717, 1.165) is 18.2 Å². The molecule has 0 saturated heterocycles. The van der Waals surface area contributed by atoms with Gasteiger partial charge in [-0.05, 0) is 36.4 Å². The van der Waals surface area contributed by atoms with Crippen molar-refractivity contribution in [3.63, 3.8) is 0 Å². The Hall–Kier alpha value is -3.60. The largest absolute Gasteiger partial charge is 0.573 e. The number of benzene rings is 2. The average molecular weight is 482 g/mol. The van der Waals surface area contributed by atoms with Crippen molar-refractivity contribution < 1.29 is 40.7 Å². The predicted molar refractivity (Wildman–Crippen MR) is 110 cm³/mol. The summed E-state index contributed by atoms with van der Waals surface area (Å²) in [6, 6.07) is 9.21. The van der Waals surface area contributed by atoms with Crippen LogP contribution < -0.4 is 4.74 Å². The van der Waals surface area contributed by atoms with Crippen LogP contribution in [0.25, 0.3) is 22.6 Å². The number of ether oxygens (including phenoxy) is 1. The van der Waals surface area contributed by atoms with Crippen molar-refractivity contribution in [3.8, 4) is 28.3 Å². The average Bonchev–Trinajstić information content (AvgIpc) is 3.23. The quantitative estimate of drug-likeness (QED) is 0.439. The van der Waals surface area contributed by atoms with Crippen molar-refractivity contribution in [2.75, 3.05) is 6.54 Å². The second kappa shape index (κ2) is 8.98. The molecule has 34 heavy (non-hydrogen) atoms. The predicted octanol–water partition coefficient (Wildman–Crippen LogP) is 6.22. The van der Waals surface area contributed by atoms with Crippen LogP contribution in [0.1, 0.15) is 17.2 Å². The molecule has 0 bridgehead atoms. The van der Waals surface area contributed by atoms with Gasteiger partial charge in [-0.3, -0.25) is 4.99 Å². The van der Waals surface area contributed by atoms with E-state index >= 15 is 0 Å². The van der Waals surface area contributed by atoms with Gasteiger partial charge >= 0.3 is 12.5 Å². The summed E-state index contributed by atoms with van der Waals surface area (Å²) in [5.41, 5.74) is -1.15. The minimum Gasteiger partial charge on any atom is -0.406 e. The van der Waals surface area contributed by atoms with E-state index < -0.39 is 35.9 Å². The highest BCUT2D eigenvalue weighted by atomic mass is 19.4. The Balaban J connectivity index is 1.84. The number of aliphatic hydroxyl groups is 1. The van der Waals surface area contributed by atoms with Gasteiger partial charge < -0.3 is 14.4 Å². The fourth-order valence-corrected chi connectivity index (χ4v) is 3.63. The molecule has 3 aromatic rings. The van der Waals surface area contributed by atoms with Gasteiger partial charge in [0.25, 0.3) is 0 Å². The number of aliphatic hydroxyl groups excluding tert-OH is 1. The summed E-state index contributed by atoms with van der Waals surface area (Å²) in [5, 5.41) is 15.0. The Bertz CT molecular complexity index is 1210. The third kappa shape index (κ3) is 4.98. The number of rotatable bonds is 5. The second-order valence-corrected chi connectivity index (χ2v) is 7.40. The molecule has 0 radical (unpaired) electrons. The van der Waals surface area contributed by atoms with Crippen molar-refractivity contribution in [3.05, 3.63) is 71.8 Å². The molecule has 5 nitrogen and oxygen atoms in total. The van der Waals surface area contributed by atoms with E-state index in [4.69, 9.17) is 4.52 Å². The topological polar surface area (TPSA) is 67.8 Å². The highest BCUT2D eigenvalue weighted by Crippen LogP contribution is 2.44. The van der Waals surface area contributed by atoms with Crippen molar-refractivity contribution in [1.82, 2.24) is 5.16 Å². The maximum absolute atomic E-state index is 13.7. The summed E-state index contributed by atoms with van der Waals surface area (Å²) in [4.78, 5) is 4.07. The van der Waals surface area contributed by atoms with E-state index in [-0.39, 0.29) is 34.7 Å². The molecule has 11 heteroatoms. The lowest BCUT2D eigenvalue weighted by Crippen LogP contribution is -2.17. The van der Waals surface area contributed by atoms with Gasteiger partial charge in [0.2, 0.25) is 0 Å². The third-order valence-corrected chi connectivity index (χ3v) is 5.13. The number of aromatic nitrogens is 1. The molecule has 0 aliphatic carbocycles. The number of dihydropyridines is 1. The first kappa shape index (κ1) is 23.6. The number of halogens is 6. The van der Waals surface area contributed by atoms with Crippen molar-refractivity contribution in [2.24, 2.45) is 10.9 Å². The molecule has 1 aromatic heterocycles. The number of allylic oxidation sites excluding steroid dienone is 1. The van der Waals surface area contributed by atoms with E-state index in [1.54, 1.807) is 12.2 Å². The monoisotopic (exact) mass is 482 g/mol. The minimum atomic E-state index is -4.89. The summed E-state index contributed by atoms with van der Waals surface area (Å²) in [6.07, 6.45) is -6.20. The SMILES string of the molecule is OC(c1c(-c2ccc(OC(F)(F)F)cc2)noc1-c1ccccc1C(F)(F)F)C1C=CC=NC1. The summed E-state index contributed by atoms with van der Waals surface area (Å²) >= 11 is 0. The van der Waals surface area contributed by atoms with Crippen LogP contribution in [0.2, 0.25) is 0 Å². The summed E-state index contributed by atoms with van der Waals surface area (Å²) in [7, 11) is 0. The Kier molecular flexibility index (Phi) is 6.22. The molecule has 1 N–H and O–H groups in total. The lowest BCUT2D eigenvalue weighted by molar-refractivity contribution is -0.274. The highest BCUT2D eigenvalue weighted by Gasteiger charge is 2.37. The molecule has 1 aliphatic heterocycles. The Labute approximate surface area is 189 Å². The molecule has 4 rings (SSSR count). The molecule has 0 fully saturated rings. The molecule has 2 heterocycles. The van der Waals surface area contributed by atoms with Crippen molar-refractivity contribution >= 4 is 6.21 Å². The molecule has 2 atom stereocenters. The zero-order valence-corrected chi connectivity index (χ0v) is 17.1. The molecule has 2 aromatic carbocycles. The maximum Gasteiger partial charge on any atom is 0.573 e. The van der Waals surface area contributed by atoms with Crippen LogP contribution in [-0.4, -0.2) is 29.4 Å². The number of hydrogen-bond acceptors (Lipinski definition) is 5. The van der Waals surface area contributed by atoms with E-state index in [1.807, 2.05) is 0 Å². The van der Waals surface area contributed by atoms with Crippen molar-refractivity contribution in [1.29, 1.82) is 0 Å². The standard InChI is InChI=1S/C23H16F6N2O3/c24-22(25,26)17-6-2-1-5-16(17)21-18(20(32)14-4-3-11-30-12-14)19(31-34-21)13-7-9-15(10-8-13)33-23(27,28)29/h1-11,14,20,32H,12H2.